The number of nitrogens with one attached hydrogen (secondary N) is 1. The van der Waals surface area contributed by atoms with Gasteiger partial charge in [-0.1, -0.05) is 65.8 Å². The molecule has 2 aliphatic rings. The number of likely N-dealkylation sites (tertiary alicyclic amines) is 1. The first kappa shape index (κ1) is 19.2. The molecule has 0 aliphatic carbocycles. The molecule has 0 radical (unpaired) electrons. The monoisotopic (exact) mass is 391 g/mol. The second-order valence-electron chi connectivity index (χ2n) is 7.49. The molecule has 0 spiro atoms. The van der Waals surface area contributed by atoms with Gasteiger partial charge in [0.25, 0.3) is 5.91 Å². The average molecular weight is 391 g/mol. The van der Waals surface area contributed by atoms with Crippen molar-refractivity contribution < 1.29 is 14.4 Å². The van der Waals surface area contributed by atoms with Crippen molar-refractivity contribution in [2.75, 3.05) is 13.1 Å². The van der Waals surface area contributed by atoms with E-state index in [0.29, 0.717) is 12.8 Å². The summed E-state index contributed by atoms with van der Waals surface area (Å²) in [5.74, 6) is -0.324. The van der Waals surface area contributed by atoms with Crippen molar-refractivity contribution in [1.82, 2.24) is 10.2 Å². The molecule has 2 aliphatic heterocycles. The molecule has 1 fully saturated rings. The van der Waals surface area contributed by atoms with Crippen molar-refractivity contribution in [3.05, 3.63) is 71.8 Å². The summed E-state index contributed by atoms with van der Waals surface area (Å²) in [5, 5.41) is 7.01. The SMILES string of the molecule is O=C(N[C@H](Cc1ccccc1)C(=O)N1CCCC1)[C@H]1CC(c2ccccc2)=NO1. The van der Waals surface area contributed by atoms with Crippen molar-refractivity contribution >= 4 is 17.5 Å². The zero-order valence-electron chi connectivity index (χ0n) is 16.3. The largest absolute Gasteiger partial charge is 0.382 e. The summed E-state index contributed by atoms with van der Waals surface area (Å²) in [6.07, 6.45) is 2.16. The van der Waals surface area contributed by atoms with Crippen LogP contribution >= 0.6 is 0 Å². The number of carbonyl (C=O) groups excluding carboxylic acids is 2. The molecule has 6 nitrogen and oxygen atoms in total. The maximum absolute atomic E-state index is 13.0. The first-order chi connectivity index (χ1) is 14.2. The predicted octanol–water partition coefficient (Wildman–Crippen LogP) is 2.53. The minimum absolute atomic E-state index is 0.0260. The van der Waals surface area contributed by atoms with Gasteiger partial charge in [-0.2, -0.15) is 0 Å². The number of rotatable bonds is 6. The normalized spacial score (nSPS) is 19.4. The Labute approximate surface area is 170 Å². The molecular weight excluding hydrogens is 366 g/mol. The first-order valence-corrected chi connectivity index (χ1v) is 10.1. The number of amides is 2. The Morgan fingerprint density at radius 3 is 2.38 bits per heavy atom. The van der Waals surface area contributed by atoms with Crippen LogP contribution in [0.2, 0.25) is 0 Å². The lowest BCUT2D eigenvalue weighted by atomic mass is 10.0. The Kier molecular flexibility index (Phi) is 5.89. The summed E-state index contributed by atoms with van der Waals surface area (Å²) in [7, 11) is 0. The van der Waals surface area contributed by atoms with Crippen LogP contribution in [0, 0.1) is 0 Å². The van der Waals surface area contributed by atoms with Crippen LogP contribution in [0.1, 0.15) is 30.4 Å². The van der Waals surface area contributed by atoms with Gasteiger partial charge in [0.05, 0.1) is 5.71 Å². The Bertz CT molecular complexity index is 877. The summed E-state index contributed by atoms with van der Waals surface area (Å²) < 4.78 is 0. The molecule has 2 heterocycles. The van der Waals surface area contributed by atoms with E-state index in [2.05, 4.69) is 10.5 Å². The lowest BCUT2D eigenvalue weighted by Crippen LogP contribution is -2.51. The van der Waals surface area contributed by atoms with Crippen LogP contribution in [0.25, 0.3) is 0 Å². The quantitative estimate of drug-likeness (QED) is 0.823. The highest BCUT2D eigenvalue weighted by molar-refractivity contribution is 6.04. The van der Waals surface area contributed by atoms with Crippen LogP contribution in [-0.2, 0) is 20.8 Å². The summed E-state index contributed by atoms with van der Waals surface area (Å²) in [5.41, 5.74) is 2.70. The third kappa shape index (κ3) is 4.65. The molecule has 0 aromatic heterocycles. The Morgan fingerprint density at radius 1 is 1.03 bits per heavy atom. The number of benzene rings is 2. The Morgan fingerprint density at radius 2 is 1.69 bits per heavy atom. The fourth-order valence-corrected chi connectivity index (χ4v) is 3.79. The van der Waals surface area contributed by atoms with E-state index >= 15 is 0 Å². The zero-order valence-corrected chi connectivity index (χ0v) is 16.3. The minimum atomic E-state index is -0.713. The van der Waals surface area contributed by atoms with Gasteiger partial charge in [-0.3, -0.25) is 9.59 Å². The third-order valence-electron chi connectivity index (χ3n) is 5.38. The van der Waals surface area contributed by atoms with Crippen LogP contribution in [-0.4, -0.2) is 47.7 Å². The van der Waals surface area contributed by atoms with E-state index in [1.807, 2.05) is 65.6 Å². The molecule has 1 N–H and O–H groups in total. The zero-order chi connectivity index (χ0) is 20.1. The fourth-order valence-electron chi connectivity index (χ4n) is 3.79. The second kappa shape index (κ2) is 8.90. The number of hydrogen-bond acceptors (Lipinski definition) is 4. The Balaban J connectivity index is 1.43. The predicted molar refractivity (Wildman–Crippen MR) is 110 cm³/mol. The molecular formula is C23H25N3O3. The van der Waals surface area contributed by atoms with E-state index in [1.54, 1.807) is 0 Å². The van der Waals surface area contributed by atoms with Crippen LogP contribution in [0.3, 0.4) is 0 Å². The highest BCUT2D eigenvalue weighted by Gasteiger charge is 2.33. The molecule has 29 heavy (non-hydrogen) atoms. The molecule has 0 saturated carbocycles. The first-order valence-electron chi connectivity index (χ1n) is 10.1. The van der Waals surface area contributed by atoms with Crippen LogP contribution in [0.5, 0.6) is 0 Å². The summed E-state index contributed by atoms with van der Waals surface area (Å²) in [6, 6.07) is 18.8. The van der Waals surface area contributed by atoms with Gasteiger partial charge in [0.1, 0.15) is 6.04 Å². The van der Waals surface area contributed by atoms with Gasteiger partial charge in [0.2, 0.25) is 12.0 Å². The van der Waals surface area contributed by atoms with Gasteiger partial charge < -0.3 is 15.1 Å². The van der Waals surface area contributed by atoms with E-state index < -0.39 is 12.1 Å². The second-order valence-corrected chi connectivity index (χ2v) is 7.49. The lowest BCUT2D eigenvalue weighted by molar-refractivity contribution is -0.139. The standard InChI is InChI=1S/C23H25N3O3/c27-22(21-16-19(25-29-21)18-11-5-2-6-12-18)24-20(15-17-9-3-1-4-10-17)23(28)26-13-7-8-14-26/h1-6,9-12,20-21H,7-8,13-16H2,(H,24,27)/t20-,21-/m1/s1. The molecule has 2 aromatic carbocycles. The fraction of sp³-hybridized carbons (Fsp3) is 0.348. The van der Waals surface area contributed by atoms with Gasteiger partial charge in [0.15, 0.2) is 0 Å². The number of carbonyl (C=O) groups is 2. The number of oxime groups is 1. The molecule has 2 aromatic rings. The van der Waals surface area contributed by atoms with Crippen molar-refractivity contribution in [2.45, 2.75) is 37.8 Å². The average Bonchev–Trinajstić information content (AvgIpc) is 3.46. The van der Waals surface area contributed by atoms with Crippen molar-refractivity contribution in [1.29, 1.82) is 0 Å². The Hall–Kier alpha value is -3.15. The molecule has 2 atom stereocenters. The van der Waals surface area contributed by atoms with Crippen LogP contribution in [0.15, 0.2) is 65.8 Å². The van der Waals surface area contributed by atoms with Gasteiger partial charge in [-0.25, -0.2) is 0 Å². The van der Waals surface area contributed by atoms with Crippen molar-refractivity contribution in [2.24, 2.45) is 5.16 Å². The number of nitrogens with zero attached hydrogens (tertiary/aromatic N) is 2. The highest BCUT2D eigenvalue weighted by atomic mass is 16.6. The molecule has 6 heteroatoms. The molecule has 1 saturated heterocycles. The molecule has 4 rings (SSSR count). The smallest absolute Gasteiger partial charge is 0.265 e. The topological polar surface area (TPSA) is 71.0 Å². The minimum Gasteiger partial charge on any atom is -0.382 e. The van der Waals surface area contributed by atoms with Gasteiger partial charge in [-0.15, -0.1) is 0 Å². The molecule has 0 bridgehead atoms. The van der Waals surface area contributed by atoms with E-state index in [1.165, 1.54) is 0 Å². The van der Waals surface area contributed by atoms with Gasteiger partial charge in [-0.05, 0) is 24.0 Å². The maximum Gasteiger partial charge on any atom is 0.265 e. The number of hydrogen-bond donors (Lipinski definition) is 1. The van der Waals surface area contributed by atoms with Crippen molar-refractivity contribution in [3.63, 3.8) is 0 Å². The van der Waals surface area contributed by atoms with Crippen LogP contribution < -0.4 is 5.32 Å². The van der Waals surface area contributed by atoms with E-state index in [0.717, 1.165) is 42.8 Å². The molecule has 150 valence electrons. The van der Waals surface area contributed by atoms with Gasteiger partial charge in [0, 0.05) is 25.9 Å². The summed E-state index contributed by atoms with van der Waals surface area (Å²) in [6.45, 7) is 1.50. The lowest BCUT2D eigenvalue weighted by Gasteiger charge is -2.25. The summed E-state index contributed by atoms with van der Waals surface area (Å²) >= 11 is 0. The van der Waals surface area contributed by atoms with Crippen LogP contribution in [0.4, 0.5) is 0 Å². The maximum atomic E-state index is 13.0. The van der Waals surface area contributed by atoms with E-state index in [4.69, 9.17) is 4.84 Å². The van der Waals surface area contributed by atoms with E-state index in [-0.39, 0.29) is 11.8 Å². The van der Waals surface area contributed by atoms with E-state index in [9.17, 15) is 9.59 Å². The summed E-state index contributed by atoms with van der Waals surface area (Å²) in [4.78, 5) is 33.1. The van der Waals surface area contributed by atoms with Crippen molar-refractivity contribution in [3.8, 4) is 0 Å². The van der Waals surface area contributed by atoms with Gasteiger partial charge >= 0.3 is 0 Å². The highest BCUT2D eigenvalue weighted by Crippen LogP contribution is 2.18. The third-order valence-corrected chi connectivity index (χ3v) is 5.38. The molecule has 2 amide bonds. The molecule has 0 unspecified atom stereocenters.